The van der Waals surface area contributed by atoms with Crippen molar-refractivity contribution >= 4 is 5.91 Å². The topological polar surface area (TPSA) is 32.3 Å². The van der Waals surface area contributed by atoms with E-state index in [1.807, 2.05) is 37.4 Å². The Labute approximate surface area is 109 Å². The number of carbonyl (C=O) groups excluding carboxylic acids is 1. The van der Waals surface area contributed by atoms with Crippen LogP contribution in [0.5, 0.6) is 0 Å². The molecule has 1 aromatic carbocycles. The molecule has 1 saturated carbocycles. The van der Waals surface area contributed by atoms with E-state index in [0.29, 0.717) is 19.1 Å². The molecule has 2 rings (SSSR count). The quantitative estimate of drug-likeness (QED) is 0.833. The SMILES string of the molecule is CC(NCC(=O)N(C)Cc1ccccc1)C1CC1. The number of nitrogens with one attached hydrogen (secondary N) is 1. The van der Waals surface area contributed by atoms with Gasteiger partial charge in [-0.05, 0) is 31.2 Å². The number of nitrogens with zero attached hydrogens (tertiary/aromatic N) is 1. The first-order valence-corrected chi connectivity index (χ1v) is 6.68. The molecular weight excluding hydrogens is 224 g/mol. The summed E-state index contributed by atoms with van der Waals surface area (Å²) >= 11 is 0. The zero-order valence-corrected chi connectivity index (χ0v) is 11.2. The predicted molar refractivity (Wildman–Crippen MR) is 73.1 cm³/mol. The Hall–Kier alpha value is -1.35. The van der Waals surface area contributed by atoms with Gasteiger partial charge in [-0.1, -0.05) is 30.3 Å². The fraction of sp³-hybridized carbons (Fsp3) is 0.533. The Kier molecular flexibility index (Phi) is 4.37. The highest BCUT2D eigenvalue weighted by Crippen LogP contribution is 2.32. The average molecular weight is 246 g/mol. The zero-order chi connectivity index (χ0) is 13.0. The van der Waals surface area contributed by atoms with Gasteiger partial charge in [0.1, 0.15) is 0 Å². The van der Waals surface area contributed by atoms with Crippen LogP contribution in [0.4, 0.5) is 0 Å². The summed E-state index contributed by atoms with van der Waals surface area (Å²) in [5.74, 6) is 0.948. The van der Waals surface area contributed by atoms with E-state index < -0.39 is 0 Å². The largest absolute Gasteiger partial charge is 0.340 e. The minimum atomic E-state index is 0.159. The second-order valence-electron chi connectivity index (χ2n) is 5.24. The highest BCUT2D eigenvalue weighted by molar-refractivity contribution is 5.78. The van der Waals surface area contributed by atoms with Gasteiger partial charge in [0.05, 0.1) is 6.54 Å². The van der Waals surface area contributed by atoms with E-state index in [1.165, 1.54) is 18.4 Å². The number of carbonyl (C=O) groups is 1. The maximum Gasteiger partial charge on any atom is 0.236 e. The standard InChI is InChI=1S/C15H22N2O/c1-12(14-8-9-14)16-10-15(18)17(2)11-13-6-4-3-5-7-13/h3-7,12,14,16H,8-11H2,1-2H3. The molecule has 1 unspecified atom stereocenters. The molecule has 1 aliphatic rings. The van der Waals surface area contributed by atoms with Gasteiger partial charge in [-0.25, -0.2) is 0 Å². The van der Waals surface area contributed by atoms with Crippen molar-refractivity contribution in [3.63, 3.8) is 0 Å². The van der Waals surface area contributed by atoms with Crippen molar-refractivity contribution in [2.75, 3.05) is 13.6 Å². The normalized spacial score (nSPS) is 16.3. The Morgan fingerprint density at radius 3 is 2.67 bits per heavy atom. The van der Waals surface area contributed by atoms with Crippen molar-refractivity contribution in [3.05, 3.63) is 35.9 Å². The molecule has 0 heterocycles. The summed E-state index contributed by atoms with van der Waals surface area (Å²) in [6, 6.07) is 10.6. The van der Waals surface area contributed by atoms with Gasteiger partial charge in [-0.15, -0.1) is 0 Å². The summed E-state index contributed by atoms with van der Waals surface area (Å²) < 4.78 is 0. The second kappa shape index (κ2) is 6.01. The minimum absolute atomic E-state index is 0.159. The second-order valence-corrected chi connectivity index (χ2v) is 5.24. The number of hydrogen-bond donors (Lipinski definition) is 1. The molecular formula is C15H22N2O. The monoisotopic (exact) mass is 246 g/mol. The Balaban J connectivity index is 1.74. The lowest BCUT2D eigenvalue weighted by molar-refractivity contribution is -0.129. The van der Waals surface area contributed by atoms with E-state index in [0.717, 1.165) is 5.92 Å². The molecule has 0 spiro atoms. The maximum absolute atomic E-state index is 12.0. The molecule has 0 radical (unpaired) electrons. The molecule has 0 bridgehead atoms. The first-order chi connectivity index (χ1) is 8.66. The van der Waals surface area contributed by atoms with E-state index in [1.54, 1.807) is 4.90 Å². The third-order valence-electron chi connectivity index (χ3n) is 3.59. The Bertz CT molecular complexity index is 387. The molecule has 1 atom stereocenters. The molecule has 98 valence electrons. The number of amides is 1. The lowest BCUT2D eigenvalue weighted by Gasteiger charge is -2.19. The molecule has 1 fully saturated rings. The van der Waals surface area contributed by atoms with Crippen LogP contribution in [0.1, 0.15) is 25.3 Å². The molecule has 3 heteroatoms. The molecule has 0 aliphatic heterocycles. The van der Waals surface area contributed by atoms with Crippen LogP contribution in [0.25, 0.3) is 0 Å². The van der Waals surface area contributed by atoms with Gasteiger partial charge in [0.2, 0.25) is 5.91 Å². The molecule has 1 aliphatic carbocycles. The molecule has 1 amide bonds. The minimum Gasteiger partial charge on any atom is -0.340 e. The van der Waals surface area contributed by atoms with E-state index >= 15 is 0 Å². The highest BCUT2D eigenvalue weighted by Gasteiger charge is 2.27. The van der Waals surface area contributed by atoms with E-state index in [2.05, 4.69) is 12.2 Å². The van der Waals surface area contributed by atoms with Crippen LogP contribution in [0.2, 0.25) is 0 Å². The molecule has 0 saturated heterocycles. The first-order valence-electron chi connectivity index (χ1n) is 6.68. The summed E-state index contributed by atoms with van der Waals surface area (Å²) in [7, 11) is 1.86. The lowest BCUT2D eigenvalue weighted by Crippen LogP contribution is -2.39. The number of hydrogen-bond acceptors (Lipinski definition) is 2. The van der Waals surface area contributed by atoms with Crippen molar-refractivity contribution in [3.8, 4) is 0 Å². The molecule has 18 heavy (non-hydrogen) atoms. The van der Waals surface area contributed by atoms with Gasteiger partial charge in [0, 0.05) is 19.6 Å². The Morgan fingerprint density at radius 2 is 2.06 bits per heavy atom. The van der Waals surface area contributed by atoms with Crippen molar-refractivity contribution in [1.29, 1.82) is 0 Å². The van der Waals surface area contributed by atoms with Gasteiger partial charge in [0.15, 0.2) is 0 Å². The third kappa shape index (κ3) is 3.84. The van der Waals surface area contributed by atoms with Crippen molar-refractivity contribution < 1.29 is 4.79 Å². The van der Waals surface area contributed by atoms with Crippen molar-refractivity contribution in [2.45, 2.75) is 32.4 Å². The van der Waals surface area contributed by atoms with Crippen LogP contribution in [-0.4, -0.2) is 30.4 Å². The van der Waals surface area contributed by atoms with Gasteiger partial charge in [-0.3, -0.25) is 4.79 Å². The fourth-order valence-electron chi connectivity index (χ4n) is 2.09. The molecule has 0 aromatic heterocycles. The summed E-state index contributed by atoms with van der Waals surface area (Å²) in [5, 5.41) is 3.32. The van der Waals surface area contributed by atoms with Gasteiger partial charge < -0.3 is 10.2 Å². The Morgan fingerprint density at radius 1 is 1.39 bits per heavy atom. The average Bonchev–Trinajstić information content (AvgIpc) is 3.21. The summed E-state index contributed by atoms with van der Waals surface area (Å²) in [4.78, 5) is 13.7. The highest BCUT2D eigenvalue weighted by atomic mass is 16.2. The van der Waals surface area contributed by atoms with Crippen molar-refractivity contribution in [2.24, 2.45) is 5.92 Å². The number of rotatable bonds is 6. The first kappa shape index (κ1) is 13.1. The summed E-state index contributed by atoms with van der Waals surface area (Å²) in [6.07, 6.45) is 2.62. The fourth-order valence-corrected chi connectivity index (χ4v) is 2.09. The van der Waals surface area contributed by atoms with Crippen LogP contribution >= 0.6 is 0 Å². The van der Waals surface area contributed by atoms with E-state index in [4.69, 9.17) is 0 Å². The molecule has 1 N–H and O–H groups in total. The predicted octanol–water partition coefficient (Wildman–Crippen LogP) is 2.03. The summed E-state index contributed by atoms with van der Waals surface area (Å²) in [5.41, 5.74) is 1.17. The third-order valence-corrected chi connectivity index (χ3v) is 3.59. The van der Waals surface area contributed by atoms with Gasteiger partial charge in [0.25, 0.3) is 0 Å². The maximum atomic E-state index is 12.0. The molecule has 3 nitrogen and oxygen atoms in total. The molecule has 1 aromatic rings. The summed E-state index contributed by atoms with van der Waals surface area (Å²) in [6.45, 7) is 3.29. The zero-order valence-electron chi connectivity index (χ0n) is 11.2. The smallest absolute Gasteiger partial charge is 0.236 e. The van der Waals surface area contributed by atoms with Gasteiger partial charge in [-0.2, -0.15) is 0 Å². The van der Waals surface area contributed by atoms with Crippen molar-refractivity contribution in [1.82, 2.24) is 10.2 Å². The van der Waals surface area contributed by atoms with Crippen LogP contribution < -0.4 is 5.32 Å². The lowest BCUT2D eigenvalue weighted by atomic mass is 10.2. The van der Waals surface area contributed by atoms with Crippen LogP contribution in [-0.2, 0) is 11.3 Å². The van der Waals surface area contributed by atoms with Crippen LogP contribution in [0.3, 0.4) is 0 Å². The van der Waals surface area contributed by atoms with Gasteiger partial charge >= 0.3 is 0 Å². The van der Waals surface area contributed by atoms with E-state index in [-0.39, 0.29) is 5.91 Å². The van der Waals surface area contributed by atoms with E-state index in [9.17, 15) is 4.79 Å². The number of likely N-dealkylation sites (N-methyl/N-ethyl adjacent to an activating group) is 1. The number of benzene rings is 1. The van der Waals surface area contributed by atoms with Crippen LogP contribution in [0.15, 0.2) is 30.3 Å². The van der Waals surface area contributed by atoms with Crippen LogP contribution in [0, 0.1) is 5.92 Å².